The van der Waals surface area contributed by atoms with Crippen molar-refractivity contribution in [1.29, 1.82) is 5.26 Å². The first-order valence-electron chi connectivity index (χ1n) is 12.1. The van der Waals surface area contributed by atoms with Gasteiger partial charge in [-0.05, 0) is 60.2 Å². The van der Waals surface area contributed by atoms with E-state index in [1.54, 1.807) is 18.2 Å². The van der Waals surface area contributed by atoms with E-state index < -0.39 is 17.8 Å². The minimum absolute atomic E-state index is 0.163. The van der Waals surface area contributed by atoms with Gasteiger partial charge in [0.2, 0.25) is 0 Å². The second-order valence-corrected chi connectivity index (χ2v) is 9.13. The zero-order valence-corrected chi connectivity index (χ0v) is 20.2. The van der Waals surface area contributed by atoms with E-state index >= 15 is 0 Å². The second kappa shape index (κ2) is 10.5. The van der Waals surface area contributed by atoms with Gasteiger partial charge < -0.3 is 10.1 Å². The number of nitriles is 1. The SMILES string of the molecule is N#Cc1cccc(-n2nc(C(F)(F)F)cc2C(=O)Nc2cccc(C(OCC3CC3)c3ccccc3)c2)c1. The minimum atomic E-state index is -4.76. The summed E-state index contributed by atoms with van der Waals surface area (Å²) in [5.41, 5.74) is 1.02. The summed E-state index contributed by atoms with van der Waals surface area (Å²) in [5, 5.41) is 15.5. The van der Waals surface area contributed by atoms with E-state index in [9.17, 15) is 23.2 Å². The predicted octanol–water partition coefficient (Wildman–Crippen LogP) is 6.53. The van der Waals surface area contributed by atoms with Crippen molar-refractivity contribution in [3.05, 3.63) is 113 Å². The zero-order valence-electron chi connectivity index (χ0n) is 20.2. The standard InChI is InChI=1S/C29H23F3N4O2/c30-29(31,32)26-16-25(36(35-26)24-11-4-6-20(14-24)17-33)28(37)34-23-10-5-9-22(15-23)27(38-18-19-12-13-19)21-7-2-1-3-8-21/h1-11,14-16,19,27H,12-13,18H2,(H,34,37). The Bertz CT molecular complexity index is 1490. The Hall–Kier alpha value is -4.42. The van der Waals surface area contributed by atoms with E-state index in [1.165, 1.54) is 24.3 Å². The van der Waals surface area contributed by atoms with Gasteiger partial charge in [-0.1, -0.05) is 48.5 Å². The number of aromatic nitrogens is 2. The highest BCUT2D eigenvalue weighted by molar-refractivity contribution is 6.03. The van der Waals surface area contributed by atoms with E-state index in [0.29, 0.717) is 24.3 Å². The van der Waals surface area contributed by atoms with E-state index in [4.69, 9.17) is 4.74 Å². The normalized spacial score (nSPS) is 14.1. The van der Waals surface area contributed by atoms with Crippen molar-refractivity contribution in [3.8, 4) is 11.8 Å². The Morgan fingerprint density at radius 3 is 2.47 bits per heavy atom. The topological polar surface area (TPSA) is 79.9 Å². The highest BCUT2D eigenvalue weighted by atomic mass is 19.4. The fraction of sp³-hybridized carbons (Fsp3) is 0.207. The number of amides is 1. The molecule has 3 aromatic carbocycles. The first-order chi connectivity index (χ1) is 18.3. The molecule has 1 aliphatic carbocycles. The third kappa shape index (κ3) is 5.76. The first-order valence-corrected chi connectivity index (χ1v) is 12.1. The number of hydrogen-bond acceptors (Lipinski definition) is 4. The van der Waals surface area contributed by atoms with Gasteiger partial charge in [0, 0.05) is 11.8 Å². The maximum absolute atomic E-state index is 13.5. The third-order valence-corrected chi connectivity index (χ3v) is 6.20. The second-order valence-electron chi connectivity index (χ2n) is 9.13. The van der Waals surface area contributed by atoms with E-state index in [-0.39, 0.29) is 23.0 Å². The van der Waals surface area contributed by atoms with Gasteiger partial charge in [0.05, 0.1) is 23.9 Å². The van der Waals surface area contributed by atoms with Gasteiger partial charge in [-0.2, -0.15) is 23.5 Å². The highest BCUT2D eigenvalue weighted by Gasteiger charge is 2.36. The number of nitrogens with zero attached hydrogens (tertiary/aromatic N) is 3. The van der Waals surface area contributed by atoms with Gasteiger partial charge in [-0.25, -0.2) is 4.68 Å². The number of rotatable bonds is 8. The molecule has 0 bridgehead atoms. The molecule has 9 heteroatoms. The maximum Gasteiger partial charge on any atom is 0.435 e. The number of ether oxygens (including phenoxy) is 1. The van der Waals surface area contributed by atoms with Crippen LogP contribution in [-0.2, 0) is 10.9 Å². The summed E-state index contributed by atoms with van der Waals surface area (Å²) in [4.78, 5) is 13.2. The summed E-state index contributed by atoms with van der Waals surface area (Å²) in [6.45, 7) is 0.622. The smallest absolute Gasteiger partial charge is 0.368 e. The van der Waals surface area contributed by atoms with Gasteiger partial charge in [0.1, 0.15) is 11.8 Å². The summed E-state index contributed by atoms with van der Waals surface area (Å²) in [6.07, 6.45) is -2.83. The molecular formula is C29H23F3N4O2. The zero-order chi connectivity index (χ0) is 26.7. The lowest BCUT2D eigenvalue weighted by Crippen LogP contribution is -2.17. The number of benzene rings is 3. The van der Waals surface area contributed by atoms with Crippen molar-refractivity contribution in [3.63, 3.8) is 0 Å². The molecule has 1 unspecified atom stereocenters. The molecule has 1 N–H and O–H groups in total. The van der Waals surface area contributed by atoms with Crippen molar-refractivity contribution in [2.45, 2.75) is 25.1 Å². The number of anilines is 1. The lowest BCUT2D eigenvalue weighted by atomic mass is 10.0. The molecule has 1 saturated carbocycles. The fourth-order valence-corrected chi connectivity index (χ4v) is 4.09. The van der Waals surface area contributed by atoms with E-state index in [0.717, 1.165) is 28.7 Å². The van der Waals surface area contributed by atoms with Crippen molar-refractivity contribution in [1.82, 2.24) is 9.78 Å². The molecule has 0 radical (unpaired) electrons. The number of carbonyl (C=O) groups is 1. The van der Waals surface area contributed by atoms with Gasteiger partial charge in [0.25, 0.3) is 5.91 Å². The third-order valence-electron chi connectivity index (χ3n) is 6.20. The Morgan fingerprint density at radius 2 is 1.76 bits per heavy atom. The molecule has 6 nitrogen and oxygen atoms in total. The number of halogens is 3. The molecule has 0 aliphatic heterocycles. The average Bonchev–Trinajstić information content (AvgIpc) is 3.63. The number of nitrogens with one attached hydrogen (secondary N) is 1. The molecule has 1 atom stereocenters. The first kappa shape index (κ1) is 25.2. The van der Waals surface area contributed by atoms with Crippen LogP contribution in [0.4, 0.5) is 18.9 Å². The molecule has 4 aromatic rings. The molecule has 5 rings (SSSR count). The monoisotopic (exact) mass is 516 g/mol. The van der Waals surface area contributed by atoms with Gasteiger partial charge in [-0.3, -0.25) is 4.79 Å². The van der Waals surface area contributed by atoms with Gasteiger partial charge in [-0.15, -0.1) is 0 Å². The number of alkyl halides is 3. The molecule has 1 aliphatic rings. The van der Waals surface area contributed by atoms with Crippen LogP contribution in [0.5, 0.6) is 0 Å². The summed E-state index contributed by atoms with van der Waals surface area (Å²) < 4.78 is 47.6. The molecule has 1 fully saturated rings. The van der Waals surface area contributed by atoms with Crippen molar-refractivity contribution < 1.29 is 22.7 Å². The Balaban J connectivity index is 1.45. The highest BCUT2D eigenvalue weighted by Crippen LogP contribution is 2.34. The van der Waals surface area contributed by atoms with Crippen LogP contribution >= 0.6 is 0 Å². The summed E-state index contributed by atoms with van der Waals surface area (Å²) in [5.74, 6) is -0.227. The van der Waals surface area contributed by atoms with Crippen molar-refractivity contribution in [2.24, 2.45) is 5.92 Å². The molecule has 38 heavy (non-hydrogen) atoms. The van der Waals surface area contributed by atoms with Crippen molar-refractivity contribution >= 4 is 11.6 Å². The van der Waals surface area contributed by atoms with Crippen LogP contribution in [0.3, 0.4) is 0 Å². The minimum Gasteiger partial charge on any atom is -0.368 e. The summed E-state index contributed by atoms with van der Waals surface area (Å²) in [6, 6.07) is 25.3. The van der Waals surface area contributed by atoms with Crippen LogP contribution in [0, 0.1) is 17.2 Å². The van der Waals surface area contributed by atoms with Crippen LogP contribution in [0.2, 0.25) is 0 Å². The van der Waals surface area contributed by atoms with Crippen LogP contribution in [0.15, 0.2) is 84.9 Å². The molecule has 1 heterocycles. The van der Waals surface area contributed by atoms with Crippen LogP contribution in [0.1, 0.15) is 51.8 Å². The quantitative estimate of drug-likeness (QED) is 0.289. The largest absolute Gasteiger partial charge is 0.435 e. The van der Waals surface area contributed by atoms with Gasteiger partial charge in [0.15, 0.2) is 5.69 Å². The lowest BCUT2D eigenvalue weighted by molar-refractivity contribution is -0.141. The Kier molecular flexibility index (Phi) is 6.99. The molecule has 1 aromatic heterocycles. The Morgan fingerprint density at radius 1 is 1.03 bits per heavy atom. The number of hydrogen-bond donors (Lipinski definition) is 1. The Labute approximate surface area is 217 Å². The summed E-state index contributed by atoms with van der Waals surface area (Å²) >= 11 is 0. The predicted molar refractivity (Wildman–Crippen MR) is 135 cm³/mol. The average molecular weight is 517 g/mol. The molecule has 192 valence electrons. The van der Waals surface area contributed by atoms with E-state index in [1.807, 2.05) is 42.5 Å². The molecule has 0 saturated heterocycles. The lowest BCUT2D eigenvalue weighted by Gasteiger charge is -2.20. The van der Waals surface area contributed by atoms with Gasteiger partial charge >= 0.3 is 6.18 Å². The number of carbonyl (C=O) groups excluding carboxylic acids is 1. The van der Waals surface area contributed by atoms with Crippen LogP contribution in [0.25, 0.3) is 5.69 Å². The summed E-state index contributed by atoms with van der Waals surface area (Å²) in [7, 11) is 0. The van der Waals surface area contributed by atoms with E-state index in [2.05, 4.69) is 10.4 Å². The van der Waals surface area contributed by atoms with Crippen LogP contribution < -0.4 is 5.32 Å². The fourth-order valence-electron chi connectivity index (χ4n) is 4.09. The maximum atomic E-state index is 13.5. The molecular weight excluding hydrogens is 493 g/mol. The van der Waals surface area contributed by atoms with Crippen LogP contribution in [-0.4, -0.2) is 22.3 Å². The molecule has 0 spiro atoms. The van der Waals surface area contributed by atoms with Crippen molar-refractivity contribution in [2.75, 3.05) is 11.9 Å². The molecule has 1 amide bonds.